The van der Waals surface area contributed by atoms with Crippen molar-refractivity contribution in [2.75, 3.05) is 13.1 Å². The van der Waals surface area contributed by atoms with Crippen LogP contribution in [0.25, 0.3) is 0 Å². The molecule has 158 valence electrons. The highest BCUT2D eigenvalue weighted by Crippen LogP contribution is 2.27. The Hall–Kier alpha value is -3.40. The van der Waals surface area contributed by atoms with E-state index in [1.54, 1.807) is 4.90 Å². The highest BCUT2D eigenvalue weighted by Gasteiger charge is 2.34. The normalized spacial score (nSPS) is 16.0. The van der Waals surface area contributed by atoms with Crippen LogP contribution in [0.3, 0.4) is 0 Å². The molecule has 0 saturated carbocycles. The van der Waals surface area contributed by atoms with Gasteiger partial charge < -0.3 is 10.2 Å². The third-order valence-electron chi connectivity index (χ3n) is 5.94. The topological polar surface area (TPSA) is 49.4 Å². The Morgan fingerprint density at radius 1 is 0.871 bits per heavy atom. The van der Waals surface area contributed by atoms with Gasteiger partial charge in [-0.1, -0.05) is 91.0 Å². The molecule has 3 aromatic carbocycles. The Kier molecular flexibility index (Phi) is 6.78. The van der Waals surface area contributed by atoms with Crippen LogP contribution in [0.5, 0.6) is 0 Å². The van der Waals surface area contributed by atoms with Gasteiger partial charge in [0.15, 0.2) is 0 Å². The van der Waals surface area contributed by atoms with E-state index in [1.165, 1.54) is 11.1 Å². The fourth-order valence-electron chi connectivity index (χ4n) is 4.28. The molecule has 0 radical (unpaired) electrons. The largest absolute Gasteiger partial charge is 0.356 e. The van der Waals surface area contributed by atoms with Crippen molar-refractivity contribution in [2.45, 2.75) is 25.3 Å². The molecule has 1 N–H and O–H groups in total. The number of likely N-dealkylation sites (tertiary alicyclic amines) is 1. The summed E-state index contributed by atoms with van der Waals surface area (Å²) in [5, 5.41) is 3.08. The number of benzene rings is 3. The monoisotopic (exact) mass is 412 g/mol. The summed E-state index contributed by atoms with van der Waals surface area (Å²) in [4.78, 5) is 26.9. The average molecular weight is 413 g/mol. The maximum absolute atomic E-state index is 12.8. The molecule has 1 atom stereocenters. The first-order valence-corrected chi connectivity index (χ1v) is 10.9. The van der Waals surface area contributed by atoms with Gasteiger partial charge in [0.2, 0.25) is 11.8 Å². The van der Waals surface area contributed by atoms with Crippen LogP contribution in [-0.2, 0) is 16.1 Å². The van der Waals surface area contributed by atoms with Crippen LogP contribution in [0, 0.1) is 5.92 Å². The summed E-state index contributed by atoms with van der Waals surface area (Å²) in [6.07, 6.45) is 1.10. The lowest BCUT2D eigenvalue weighted by Crippen LogP contribution is -2.34. The first-order chi connectivity index (χ1) is 15.2. The maximum atomic E-state index is 12.8. The van der Waals surface area contributed by atoms with Crippen LogP contribution in [0.2, 0.25) is 0 Å². The molecular weight excluding hydrogens is 384 g/mol. The number of nitrogens with zero attached hydrogens (tertiary/aromatic N) is 1. The lowest BCUT2D eigenvalue weighted by atomic mass is 9.88. The first-order valence-electron chi connectivity index (χ1n) is 10.9. The van der Waals surface area contributed by atoms with Gasteiger partial charge in [0, 0.05) is 32.0 Å². The van der Waals surface area contributed by atoms with E-state index in [-0.39, 0.29) is 23.7 Å². The standard InChI is InChI=1S/C27H28N2O2/c30-26-18-24(20-29(26)19-21-10-4-1-5-11-21)27(31)28-17-16-25(22-12-6-2-7-13-22)23-14-8-3-9-15-23/h1-15,24-25H,16-20H2,(H,28,31)/t24-/m1/s1. The maximum Gasteiger partial charge on any atom is 0.225 e. The zero-order valence-electron chi connectivity index (χ0n) is 17.6. The van der Waals surface area contributed by atoms with Crippen LogP contribution in [0.1, 0.15) is 35.4 Å². The Morgan fingerprint density at radius 2 is 1.42 bits per heavy atom. The van der Waals surface area contributed by atoms with Gasteiger partial charge in [0.05, 0.1) is 5.92 Å². The molecule has 4 rings (SSSR count). The van der Waals surface area contributed by atoms with Gasteiger partial charge in [-0.15, -0.1) is 0 Å². The predicted molar refractivity (Wildman–Crippen MR) is 122 cm³/mol. The van der Waals surface area contributed by atoms with Gasteiger partial charge in [-0.2, -0.15) is 0 Å². The molecule has 3 aromatic rings. The van der Waals surface area contributed by atoms with Crippen molar-refractivity contribution >= 4 is 11.8 Å². The van der Waals surface area contributed by atoms with Crippen LogP contribution in [-0.4, -0.2) is 29.8 Å². The van der Waals surface area contributed by atoms with E-state index in [1.807, 2.05) is 42.5 Å². The van der Waals surface area contributed by atoms with Crippen molar-refractivity contribution < 1.29 is 9.59 Å². The molecule has 4 nitrogen and oxygen atoms in total. The molecule has 0 unspecified atom stereocenters. The third kappa shape index (κ3) is 5.40. The molecule has 0 bridgehead atoms. The lowest BCUT2D eigenvalue weighted by molar-refractivity contribution is -0.129. The molecule has 0 spiro atoms. The highest BCUT2D eigenvalue weighted by atomic mass is 16.2. The van der Waals surface area contributed by atoms with E-state index >= 15 is 0 Å². The number of hydrogen-bond acceptors (Lipinski definition) is 2. The van der Waals surface area contributed by atoms with Crippen LogP contribution >= 0.6 is 0 Å². The molecule has 1 saturated heterocycles. The Bertz CT molecular complexity index is 950. The predicted octanol–water partition coefficient (Wildman–Crippen LogP) is 4.37. The van der Waals surface area contributed by atoms with E-state index < -0.39 is 0 Å². The molecule has 31 heavy (non-hydrogen) atoms. The molecule has 1 aliphatic heterocycles. The minimum absolute atomic E-state index is 0.0243. The van der Waals surface area contributed by atoms with E-state index in [4.69, 9.17) is 0 Å². The fraction of sp³-hybridized carbons (Fsp3) is 0.259. The average Bonchev–Trinajstić information content (AvgIpc) is 3.18. The Morgan fingerprint density at radius 3 is 2.00 bits per heavy atom. The Balaban J connectivity index is 1.33. The molecule has 4 heteroatoms. The molecular formula is C27H28N2O2. The number of rotatable bonds is 8. The lowest BCUT2D eigenvalue weighted by Gasteiger charge is -2.19. The van der Waals surface area contributed by atoms with Crippen LogP contribution < -0.4 is 5.32 Å². The molecule has 0 aromatic heterocycles. The smallest absolute Gasteiger partial charge is 0.225 e. The van der Waals surface area contributed by atoms with E-state index in [0.717, 1.165) is 12.0 Å². The van der Waals surface area contributed by atoms with Gasteiger partial charge in [-0.3, -0.25) is 9.59 Å². The summed E-state index contributed by atoms with van der Waals surface area (Å²) in [6, 6.07) is 30.7. The van der Waals surface area contributed by atoms with Gasteiger partial charge in [0.1, 0.15) is 0 Å². The van der Waals surface area contributed by atoms with E-state index in [0.29, 0.717) is 26.1 Å². The van der Waals surface area contributed by atoms with Crippen LogP contribution in [0.4, 0.5) is 0 Å². The first kappa shape index (κ1) is 20.9. The van der Waals surface area contributed by atoms with E-state index in [9.17, 15) is 9.59 Å². The minimum Gasteiger partial charge on any atom is -0.356 e. The van der Waals surface area contributed by atoms with Crippen molar-refractivity contribution in [3.8, 4) is 0 Å². The third-order valence-corrected chi connectivity index (χ3v) is 5.94. The number of nitrogens with one attached hydrogen (secondary N) is 1. The number of hydrogen-bond donors (Lipinski definition) is 1. The van der Waals surface area contributed by atoms with Gasteiger partial charge in [-0.25, -0.2) is 0 Å². The quantitative estimate of drug-likeness (QED) is 0.597. The SMILES string of the molecule is O=C(NCCC(c1ccccc1)c1ccccc1)[C@@H]1CC(=O)N(Cc2ccccc2)C1. The molecule has 1 heterocycles. The van der Waals surface area contributed by atoms with E-state index in [2.05, 4.69) is 53.8 Å². The van der Waals surface area contributed by atoms with Gasteiger partial charge in [0.25, 0.3) is 0 Å². The minimum atomic E-state index is -0.275. The van der Waals surface area contributed by atoms with Gasteiger partial charge in [-0.05, 0) is 23.1 Å². The highest BCUT2D eigenvalue weighted by molar-refractivity contribution is 5.89. The van der Waals surface area contributed by atoms with Crippen molar-refractivity contribution in [1.29, 1.82) is 0 Å². The summed E-state index contributed by atoms with van der Waals surface area (Å²) < 4.78 is 0. The number of amides is 2. The molecule has 2 amide bonds. The Labute approximate surface area is 183 Å². The van der Waals surface area contributed by atoms with Crippen molar-refractivity contribution in [1.82, 2.24) is 10.2 Å². The molecule has 1 aliphatic rings. The van der Waals surface area contributed by atoms with Crippen molar-refractivity contribution in [3.05, 3.63) is 108 Å². The second-order valence-corrected chi connectivity index (χ2v) is 8.11. The summed E-state index contributed by atoms with van der Waals surface area (Å²) in [5.74, 6) is -0.0233. The summed E-state index contributed by atoms with van der Waals surface area (Å²) >= 11 is 0. The number of carbonyl (C=O) groups excluding carboxylic acids is 2. The van der Waals surface area contributed by atoms with Gasteiger partial charge >= 0.3 is 0 Å². The zero-order valence-corrected chi connectivity index (χ0v) is 17.6. The fourth-order valence-corrected chi connectivity index (χ4v) is 4.28. The number of carbonyl (C=O) groups is 2. The van der Waals surface area contributed by atoms with Crippen molar-refractivity contribution in [3.63, 3.8) is 0 Å². The summed E-state index contributed by atoms with van der Waals surface area (Å²) in [7, 11) is 0. The second kappa shape index (κ2) is 10.1. The molecule has 0 aliphatic carbocycles. The molecule has 1 fully saturated rings. The van der Waals surface area contributed by atoms with Crippen LogP contribution in [0.15, 0.2) is 91.0 Å². The summed E-state index contributed by atoms with van der Waals surface area (Å²) in [5.41, 5.74) is 3.58. The zero-order chi connectivity index (χ0) is 21.5. The summed E-state index contributed by atoms with van der Waals surface area (Å²) in [6.45, 7) is 1.63. The van der Waals surface area contributed by atoms with Crippen molar-refractivity contribution in [2.24, 2.45) is 5.92 Å². The second-order valence-electron chi connectivity index (χ2n) is 8.11.